The van der Waals surface area contributed by atoms with Gasteiger partial charge in [0.2, 0.25) is 5.78 Å². The van der Waals surface area contributed by atoms with Crippen molar-refractivity contribution in [1.82, 2.24) is 0 Å². The van der Waals surface area contributed by atoms with Crippen LogP contribution in [-0.4, -0.2) is 18.9 Å². The lowest BCUT2D eigenvalue weighted by molar-refractivity contribution is 0.0831. The van der Waals surface area contributed by atoms with Gasteiger partial charge in [-0.3, -0.25) is 4.79 Å². The zero-order valence-electron chi connectivity index (χ0n) is 11.5. The number of carbonyl (C=O) groups excluding carboxylic acids is 1. The molecule has 0 unspecified atom stereocenters. The molecule has 19 heavy (non-hydrogen) atoms. The molecule has 102 valence electrons. The Kier molecular flexibility index (Phi) is 3.62. The number of ether oxygens (including phenoxy) is 1. The first kappa shape index (κ1) is 13.6. The van der Waals surface area contributed by atoms with Crippen LogP contribution in [0, 0.1) is 5.41 Å². The second-order valence-corrected chi connectivity index (χ2v) is 5.53. The fourth-order valence-electron chi connectivity index (χ4n) is 1.77. The molecule has 2 N–H and O–H groups in total. The third-order valence-corrected chi connectivity index (χ3v) is 2.78. The summed E-state index contributed by atoms with van der Waals surface area (Å²) in [7, 11) is 0. The third-order valence-electron chi connectivity index (χ3n) is 2.78. The number of rotatable bonds is 4. The van der Waals surface area contributed by atoms with Crippen molar-refractivity contribution in [2.24, 2.45) is 11.1 Å². The Bertz CT molecular complexity index is 593. The van der Waals surface area contributed by atoms with E-state index in [2.05, 4.69) is 0 Å². The molecular formula is C15H19NO3. The van der Waals surface area contributed by atoms with E-state index in [0.717, 1.165) is 11.1 Å². The van der Waals surface area contributed by atoms with E-state index in [0.29, 0.717) is 24.5 Å². The van der Waals surface area contributed by atoms with Gasteiger partial charge in [-0.15, -0.1) is 0 Å². The molecule has 4 heteroatoms. The molecule has 0 amide bonds. The van der Waals surface area contributed by atoms with Crippen molar-refractivity contribution in [2.75, 3.05) is 13.2 Å². The lowest BCUT2D eigenvalue weighted by Crippen LogP contribution is -2.19. The van der Waals surface area contributed by atoms with Gasteiger partial charge >= 0.3 is 0 Å². The van der Waals surface area contributed by atoms with Gasteiger partial charge in [-0.05, 0) is 24.3 Å². The van der Waals surface area contributed by atoms with Crippen molar-refractivity contribution in [3.8, 4) is 5.75 Å². The Morgan fingerprint density at radius 3 is 2.68 bits per heavy atom. The summed E-state index contributed by atoms with van der Waals surface area (Å²) >= 11 is 0. The second kappa shape index (κ2) is 5.05. The van der Waals surface area contributed by atoms with E-state index in [4.69, 9.17) is 14.9 Å². The minimum Gasteiger partial charge on any atom is -0.492 e. The summed E-state index contributed by atoms with van der Waals surface area (Å²) in [4.78, 5) is 12.2. The maximum atomic E-state index is 12.2. The molecule has 2 aromatic rings. The van der Waals surface area contributed by atoms with Gasteiger partial charge in [0.15, 0.2) is 5.76 Å². The summed E-state index contributed by atoms with van der Waals surface area (Å²) in [6.45, 7) is 6.56. The van der Waals surface area contributed by atoms with Crippen LogP contribution in [0.15, 0.2) is 28.7 Å². The predicted octanol–water partition coefficient (Wildman–Crippen LogP) is 3.00. The summed E-state index contributed by atoms with van der Waals surface area (Å²) in [5, 5.41) is 0.863. The van der Waals surface area contributed by atoms with Gasteiger partial charge in [0.05, 0.1) is 0 Å². The Labute approximate surface area is 112 Å². The molecule has 1 heterocycles. The summed E-state index contributed by atoms with van der Waals surface area (Å²) < 4.78 is 11.0. The van der Waals surface area contributed by atoms with Crippen molar-refractivity contribution in [3.63, 3.8) is 0 Å². The molecule has 0 saturated heterocycles. The zero-order valence-corrected chi connectivity index (χ0v) is 11.5. The number of fused-ring (bicyclic) bond motifs is 1. The average Bonchev–Trinajstić information content (AvgIpc) is 2.76. The van der Waals surface area contributed by atoms with Crippen LogP contribution < -0.4 is 10.5 Å². The van der Waals surface area contributed by atoms with E-state index in [-0.39, 0.29) is 5.78 Å². The maximum absolute atomic E-state index is 12.2. The molecule has 0 radical (unpaired) electrons. The number of ketones is 1. The van der Waals surface area contributed by atoms with Crippen molar-refractivity contribution < 1.29 is 13.9 Å². The van der Waals surface area contributed by atoms with Gasteiger partial charge in [0.25, 0.3) is 0 Å². The summed E-state index contributed by atoms with van der Waals surface area (Å²) in [6.07, 6.45) is 0. The molecule has 0 bridgehead atoms. The highest BCUT2D eigenvalue weighted by Crippen LogP contribution is 2.28. The Morgan fingerprint density at radius 2 is 2.05 bits per heavy atom. The van der Waals surface area contributed by atoms with E-state index in [1.165, 1.54) is 0 Å². The Hall–Kier alpha value is -1.81. The molecule has 0 atom stereocenters. The number of hydrogen-bond acceptors (Lipinski definition) is 4. The van der Waals surface area contributed by atoms with Crippen molar-refractivity contribution in [1.29, 1.82) is 0 Å². The minimum absolute atomic E-state index is 0.00636. The van der Waals surface area contributed by atoms with Crippen molar-refractivity contribution in [2.45, 2.75) is 20.8 Å². The standard InChI is InChI=1S/C15H19NO3/c1-15(2,3)14(17)13-9-10-8-11(18-7-6-16)4-5-12(10)19-13/h4-5,8-9H,6-7,16H2,1-3H3. The number of carbonyl (C=O) groups is 1. The number of benzene rings is 1. The largest absolute Gasteiger partial charge is 0.492 e. The molecule has 0 aliphatic carbocycles. The molecule has 4 nitrogen and oxygen atoms in total. The van der Waals surface area contributed by atoms with Crippen LogP contribution in [0.1, 0.15) is 31.3 Å². The van der Waals surface area contributed by atoms with Gasteiger partial charge in [0, 0.05) is 17.3 Å². The van der Waals surface area contributed by atoms with Gasteiger partial charge in [-0.2, -0.15) is 0 Å². The molecule has 1 aromatic carbocycles. The fraction of sp³-hybridized carbons (Fsp3) is 0.400. The van der Waals surface area contributed by atoms with Crippen LogP contribution in [0.25, 0.3) is 11.0 Å². The molecule has 0 saturated carbocycles. The summed E-state index contributed by atoms with van der Waals surface area (Å²) in [5.41, 5.74) is 5.63. The molecule has 0 fully saturated rings. The highest BCUT2D eigenvalue weighted by molar-refractivity contribution is 6.00. The topological polar surface area (TPSA) is 65.5 Å². The Morgan fingerprint density at radius 1 is 1.32 bits per heavy atom. The zero-order chi connectivity index (χ0) is 14.0. The summed E-state index contributed by atoms with van der Waals surface area (Å²) in [5.74, 6) is 1.11. The lowest BCUT2D eigenvalue weighted by atomic mass is 9.89. The highest BCUT2D eigenvalue weighted by Gasteiger charge is 2.26. The van der Waals surface area contributed by atoms with Gasteiger partial charge in [0.1, 0.15) is 17.9 Å². The number of nitrogens with two attached hydrogens (primary N) is 1. The van der Waals surface area contributed by atoms with Crippen LogP contribution in [0.3, 0.4) is 0 Å². The first-order valence-corrected chi connectivity index (χ1v) is 6.33. The molecule has 1 aromatic heterocycles. The number of furan rings is 1. The SMILES string of the molecule is CC(C)(C)C(=O)c1cc2cc(OCCN)ccc2o1. The van der Waals surface area contributed by atoms with Crippen molar-refractivity contribution >= 4 is 16.8 Å². The van der Waals surface area contributed by atoms with Gasteiger partial charge in [-0.25, -0.2) is 0 Å². The van der Waals surface area contributed by atoms with E-state index in [1.807, 2.05) is 32.9 Å². The van der Waals surface area contributed by atoms with E-state index >= 15 is 0 Å². The van der Waals surface area contributed by atoms with E-state index < -0.39 is 5.41 Å². The molecule has 0 aliphatic heterocycles. The molecular weight excluding hydrogens is 242 g/mol. The van der Waals surface area contributed by atoms with Crippen LogP contribution in [0.5, 0.6) is 5.75 Å². The molecule has 0 spiro atoms. The van der Waals surface area contributed by atoms with Crippen LogP contribution in [-0.2, 0) is 0 Å². The van der Waals surface area contributed by atoms with Crippen LogP contribution in [0.4, 0.5) is 0 Å². The molecule has 0 aliphatic rings. The Balaban J connectivity index is 2.33. The quantitative estimate of drug-likeness (QED) is 0.859. The number of hydrogen-bond donors (Lipinski definition) is 1. The highest BCUT2D eigenvalue weighted by atomic mass is 16.5. The van der Waals surface area contributed by atoms with E-state index in [9.17, 15) is 4.79 Å². The van der Waals surface area contributed by atoms with Gasteiger partial charge in [-0.1, -0.05) is 20.8 Å². The second-order valence-electron chi connectivity index (χ2n) is 5.53. The normalized spacial score (nSPS) is 11.8. The predicted molar refractivity (Wildman–Crippen MR) is 74.5 cm³/mol. The smallest absolute Gasteiger partial charge is 0.203 e. The minimum atomic E-state index is -0.452. The van der Waals surface area contributed by atoms with E-state index in [1.54, 1.807) is 12.1 Å². The van der Waals surface area contributed by atoms with Crippen LogP contribution in [0.2, 0.25) is 0 Å². The molecule has 2 rings (SSSR count). The maximum Gasteiger partial charge on any atom is 0.203 e. The van der Waals surface area contributed by atoms with Gasteiger partial charge < -0.3 is 14.9 Å². The lowest BCUT2D eigenvalue weighted by Gasteiger charge is -2.13. The van der Waals surface area contributed by atoms with Crippen LogP contribution >= 0.6 is 0 Å². The summed E-state index contributed by atoms with van der Waals surface area (Å²) in [6, 6.07) is 7.24. The first-order chi connectivity index (χ1) is 8.91. The average molecular weight is 261 g/mol. The first-order valence-electron chi connectivity index (χ1n) is 6.33. The number of Topliss-reactive ketones (excluding diaryl/α,β-unsaturated/α-hetero) is 1. The van der Waals surface area contributed by atoms with Crippen molar-refractivity contribution in [3.05, 3.63) is 30.0 Å². The third kappa shape index (κ3) is 2.96. The fourth-order valence-corrected chi connectivity index (χ4v) is 1.77. The monoisotopic (exact) mass is 261 g/mol.